The molecule has 1 aliphatic heterocycles. The highest BCUT2D eigenvalue weighted by atomic mass is 16.3. The van der Waals surface area contributed by atoms with Gasteiger partial charge in [0.05, 0.1) is 25.1 Å². The quantitative estimate of drug-likeness (QED) is 0.852. The maximum atomic E-state index is 12.9. The average molecular weight is 387 g/mol. The molecule has 1 saturated heterocycles. The van der Waals surface area contributed by atoms with Crippen molar-refractivity contribution in [1.82, 2.24) is 9.88 Å². The van der Waals surface area contributed by atoms with Gasteiger partial charge in [-0.2, -0.15) is 5.26 Å². The number of aliphatic hydroxyl groups is 1. The minimum atomic E-state index is -0.563. The molecule has 5 heteroatoms. The summed E-state index contributed by atoms with van der Waals surface area (Å²) in [6, 6.07) is 13.1. The van der Waals surface area contributed by atoms with Crippen molar-refractivity contribution < 1.29 is 9.90 Å². The number of carbonyl (C=O) groups excluding carboxylic acids is 1. The van der Waals surface area contributed by atoms with Gasteiger partial charge in [-0.25, -0.2) is 0 Å². The number of amides is 1. The number of aliphatic hydroxyl groups excluding tert-OH is 1. The van der Waals surface area contributed by atoms with Gasteiger partial charge < -0.3 is 10.0 Å². The van der Waals surface area contributed by atoms with E-state index in [0.29, 0.717) is 0 Å². The minimum absolute atomic E-state index is 0.132. The molecule has 2 heterocycles. The van der Waals surface area contributed by atoms with E-state index in [1.807, 2.05) is 18.2 Å². The molecule has 5 nitrogen and oxygen atoms in total. The molecule has 2 aromatic rings. The zero-order chi connectivity index (χ0) is 20.2. The Morgan fingerprint density at radius 3 is 2.69 bits per heavy atom. The summed E-state index contributed by atoms with van der Waals surface area (Å²) in [4.78, 5) is 18.5. The molecule has 1 aromatic heterocycles. The maximum Gasteiger partial charge on any atom is 0.228 e. The van der Waals surface area contributed by atoms with Crippen LogP contribution < -0.4 is 0 Å². The highest BCUT2D eigenvalue weighted by molar-refractivity contribution is 5.82. The fraction of sp³-hybridized carbons (Fsp3) is 0.375. The van der Waals surface area contributed by atoms with E-state index in [9.17, 15) is 15.2 Å². The summed E-state index contributed by atoms with van der Waals surface area (Å²) in [6.07, 6.45) is 10.3. The first-order valence-corrected chi connectivity index (χ1v) is 10.2. The van der Waals surface area contributed by atoms with Crippen LogP contribution in [0, 0.1) is 11.3 Å². The molecule has 4 rings (SSSR count). The third kappa shape index (κ3) is 3.68. The third-order valence-electron chi connectivity index (χ3n) is 6.08. The van der Waals surface area contributed by atoms with E-state index in [-0.39, 0.29) is 30.9 Å². The molecule has 148 valence electrons. The first-order chi connectivity index (χ1) is 14.2. The molecule has 3 atom stereocenters. The lowest BCUT2D eigenvalue weighted by Gasteiger charge is -2.52. The van der Waals surface area contributed by atoms with Crippen LogP contribution >= 0.6 is 0 Å². The number of benzene rings is 1. The summed E-state index contributed by atoms with van der Waals surface area (Å²) in [5.74, 6) is -0.308. The number of nitrogens with zero attached hydrogens (tertiary/aromatic N) is 3. The molecule has 1 amide bonds. The van der Waals surface area contributed by atoms with Gasteiger partial charge in [0.2, 0.25) is 5.91 Å². The van der Waals surface area contributed by atoms with Gasteiger partial charge in [-0.05, 0) is 60.1 Å². The molecule has 0 radical (unpaired) electrons. The largest absolute Gasteiger partial charge is 0.394 e. The lowest BCUT2D eigenvalue weighted by molar-refractivity contribution is -0.146. The lowest BCUT2D eigenvalue weighted by atomic mass is 9.72. The fourth-order valence-corrected chi connectivity index (χ4v) is 4.65. The van der Waals surface area contributed by atoms with Crippen molar-refractivity contribution in [2.75, 3.05) is 6.61 Å². The number of carbonyl (C=O) groups is 1. The molecule has 29 heavy (non-hydrogen) atoms. The van der Waals surface area contributed by atoms with E-state index < -0.39 is 6.04 Å². The van der Waals surface area contributed by atoms with Gasteiger partial charge >= 0.3 is 0 Å². The maximum absolute atomic E-state index is 12.9. The Labute approximate surface area is 171 Å². The summed E-state index contributed by atoms with van der Waals surface area (Å²) < 4.78 is 0. The number of nitriles is 1. The molecule has 0 spiro atoms. The first kappa shape index (κ1) is 19.4. The fourth-order valence-electron chi connectivity index (χ4n) is 4.65. The predicted molar refractivity (Wildman–Crippen MR) is 111 cm³/mol. The molecule has 0 unspecified atom stereocenters. The SMILES string of the molecule is N#C[C@@H]1[C@H](c2ccccc2C2=CCCCC2)[C@H](CO)N1C(=O)Cc1ccncc1. The normalized spacial score (nSPS) is 23.7. The Morgan fingerprint density at radius 2 is 2.00 bits per heavy atom. The number of aromatic nitrogens is 1. The molecule has 0 bridgehead atoms. The molecule has 1 aromatic carbocycles. The Kier molecular flexibility index (Phi) is 5.73. The second-order valence-electron chi connectivity index (χ2n) is 7.75. The van der Waals surface area contributed by atoms with Gasteiger partial charge in [-0.3, -0.25) is 9.78 Å². The zero-order valence-electron chi connectivity index (χ0n) is 16.4. The van der Waals surface area contributed by atoms with Crippen LogP contribution in [0.25, 0.3) is 5.57 Å². The second-order valence-corrected chi connectivity index (χ2v) is 7.75. The number of likely N-dealkylation sites (tertiary alicyclic amines) is 1. The summed E-state index contributed by atoms with van der Waals surface area (Å²) in [5.41, 5.74) is 4.41. The Bertz CT molecular complexity index is 948. The molecule has 1 aliphatic carbocycles. The van der Waals surface area contributed by atoms with Crippen LogP contribution in [0.4, 0.5) is 0 Å². The smallest absolute Gasteiger partial charge is 0.228 e. The molecular weight excluding hydrogens is 362 g/mol. The van der Waals surface area contributed by atoms with Crippen molar-refractivity contribution in [3.63, 3.8) is 0 Å². The summed E-state index contributed by atoms with van der Waals surface area (Å²) in [6.45, 7) is -0.154. The Balaban J connectivity index is 1.62. The topological polar surface area (TPSA) is 77.2 Å². The number of hydrogen-bond acceptors (Lipinski definition) is 4. The minimum Gasteiger partial charge on any atom is -0.394 e. The summed E-state index contributed by atoms with van der Waals surface area (Å²) >= 11 is 0. The first-order valence-electron chi connectivity index (χ1n) is 10.2. The molecule has 1 fully saturated rings. The van der Waals surface area contributed by atoms with Crippen molar-refractivity contribution in [3.05, 3.63) is 71.6 Å². The van der Waals surface area contributed by atoms with Crippen LogP contribution in [-0.2, 0) is 11.2 Å². The van der Waals surface area contributed by atoms with E-state index in [2.05, 4.69) is 23.2 Å². The third-order valence-corrected chi connectivity index (χ3v) is 6.08. The van der Waals surface area contributed by atoms with E-state index in [4.69, 9.17) is 0 Å². The summed E-state index contributed by atoms with van der Waals surface area (Å²) in [7, 11) is 0. The Hall–Kier alpha value is -2.97. The molecule has 2 aliphatic rings. The van der Waals surface area contributed by atoms with E-state index >= 15 is 0 Å². The van der Waals surface area contributed by atoms with E-state index in [0.717, 1.165) is 29.5 Å². The van der Waals surface area contributed by atoms with Crippen LogP contribution in [-0.4, -0.2) is 39.6 Å². The standard InChI is InChI=1S/C24H25N3O2/c25-15-21-24(20-9-5-4-8-19(20)18-6-2-1-3-7-18)22(16-28)27(21)23(29)14-17-10-12-26-13-11-17/h4-6,8-13,21-22,24,28H,1-3,7,14,16H2/t21-,22+,24+/m1/s1. The average Bonchev–Trinajstić information content (AvgIpc) is 2.75. The van der Waals surface area contributed by atoms with Gasteiger partial charge in [-0.1, -0.05) is 30.3 Å². The second kappa shape index (κ2) is 8.59. The van der Waals surface area contributed by atoms with Gasteiger partial charge in [0.1, 0.15) is 6.04 Å². The van der Waals surface area contributed by atoms with Gasteiger partial charge in [-0.15, -0.1) is 0 Å². The molecule has 1 N–H and O–H groups in total. The van der Waals surface area contributed by atoms with Gasteiger partial charge in [0.25, 0.3) is 0 Å². The van der Waals surface area contributed by atoms with Crippen molar-refractivity contribution in [1.29, 1.82) is 5.26 Å². The van der Waals surface area contributed by atoms with Crippen molar-refractivity contribution in [2.24, 2.45) is 0 Å². The van der Waals surface area contributed by atoms with Crippen LogP contribution in [0.15, 0.2) is 54.9 Å². The highest BCUT2D eigenvalue weighted by Crippen LogP contribution is 2.44. The van der Waals surface area contributed by atoms with E-state index in [1.165, 1.54) is 18.4 Å². The summed E-state index contributed by atoms with van der Waals surface area (Å²) in [5, 5.41) is 20.0. The number of rotatable bonds is 5. The van der Waals surface area contributed by atoms with Crippen LogP contribution in [0.1, 0.15) is 48.3 Å². The van der Waals surface area contributed by atoms with Gasteiger partial charge in [0, 0.05) is 18.3 Å². The van der Waals surface area contributed by atoms with Crippen LogP contribution in [0.2, 0.25) is 0 Å². The molecule has 0 saturated carbocycles. The van der Waals surface area contributed by atoms with Crippen molar-refractivity contribution in [2.45, 2.75) is 50.1 Å². The molecular formula is C24H25N3O2. The van der Waals surface area contributed by atoms with Crippen molar-refractivity contribution >= 4 is 11.5 Å². The van der Waals surface area contributed by atoms with Crippen LogP contribution in [0.5, 0.6) is 0 Å². The van der Waals surface area contributed by atoms with E-state index in [1.54, 1.807) is 29.4 Å². The Morgan fingerprint density at radius 1 is 1.21 bits per heavy atom. The highest BCUT2D eigenvalue weighted by Gasteiger charge is 2.52. The van der Waals surface area contributed by atoms with Crippen LogP contribution in [0.3, 0.4) is 0 Å². The lowest BCUT2D eigenvalue weighted by Crippen LogP contribution is -2.65. The van der Waals surface area contributed by atoms with Crippen molar-refractivity contribution in [3.8, 4) is 6.07 Å². The number of pyridine rings is 1. The number of allylic oxidation sites excluding steroid dienone is 2. The zero-order valence-corrected chi connectivity index (χ0v) is 16.4. The monoisotopic (exact) mass is 387 g/mol. The number of hydrogen-bond donors (Lipinski definition) is 1. The van der Waals surface area contributed by atoms with Gasteiger partial charge in [0.15, 0.2) is 0 Å². The predicted octanol–water partition coefficient (Wildman–Crippen LogP) is 3.46.